The average Bonchev–Trinajstić information content (AvgIpc) is 2.17. The third-order valence-corrected chi connectivity index (χ3v) is 1.65. The van der Waals surface area contributed by atoms with Crippen LogP contribution in [0.3, 0.4) is 0 Å². The van der Waals surface area contributed by atoms with Gasteiger partial charge in [0.05, 0.1) is 6.04 Å². The highest BCUT2D eigenvalue weighted by Gasteiger charge is 2.03. The van der Waals surface area contributed by atoms with E-state index in [4.69, 9.17) is 0 Å². The van der Waals surface area contributed by atoms with Gasteiger partial charge < -0.3 is 15.6 Å². The second kappa shape index (κ2) is 7.01. The van der Waals surface area contributed by atoms with Crippen LogP contribution in [-0.4, -0.2) is 12.0 Å². The minimum atomic E-state index is -1.03. The van der Waals surface area contributed by atoms with Gasteiger partial charge in [0, 0.05) is 11.9 Å². The van der Waals surface area contributed by atoms with E-state index in [-0.39, 0.29) is 0 Å². The monoisotopic (exact) mass is 209 g/mol. The number of aliphatic carboxylic acids is 1. The summed E-state index contributed by atoms with van der Waals surface area (Å²) in [6.07, 6.45) is 0. The Morgan fingerprint density at radius 3 is 1.93 bits per heavy atom. The Hall–Kier alpha value is -1.35. The second-order valence-corrected chi connectivity index (χ2v) is 3.85. The molecule has 84 valence electrons. The van der Waals surface area contributed by atoms with Crippen LogP contribution in [0.4, 0.5) is 0 Å². The van der Waals surface area contributed by atoms with Crippen LogP contribution in [0, 0.1) is 0 Å². The van der Waals surface area contributed by atoms with Crippen LogP contribution >= 0.6 is 0 Å². The normalized spacial score (nSPS) is 11.5. The maximum Gasteiger partial charge on any atom is 0.0786 e. The number of carboxylic acid groups (broad SMARTS) is 1. The predicted octanol–water partition coefficient (Wildman–Crippen LogP) is 0.177. The highest BCUT2D eigenvalue weighted by molar-refractivity contribution is 5.73. The Morgan fingerprint density at radius 2 is 1.60 bits per heavy atom. The maximum absolute atomic E-state index is 10.4. The van der Waals surface area contributed by atoms with Crippen molar-refractivity contribution in [3.05, 3.63) is 35.9 Å². The first kappa shape index (κ1) is 13.7. The number of benzene rings is 1. The Kier molecular flexibility index (Phi) is 6.38. The quantitative estimate of drug-likeness (QED) is 0.754. The van der Waals surface area contributed by atoms with Crippen molar-refractivity contribution in [2.75, 3.05) is 0 Å². The van der Waals surface area contributed by atoms with Crippen molar-refractivity contribution in [3.63, 3.8) is 0 Å². The molecule has 1 atom stereocenters. The van der Waals surface area contributed by atoms with Gasteiger partial charge >= 0.3 is 0 Å². The molecule has 1 aromatic rings. The average molecular weight is 209 g/mol. The van der Waals surface area contributed by atoms with E-state index in [9.17, 15) is 9.90 Å². The Labute approximate surface area is 90.9 Å². The van der Waals surface area contributed by atoms with Crippen molar-refractivity contribution >= 4 is 5.97 Å². The first-order valence-electron chi connectivity index (χ1n) is 5.04. The molecule has 3 nitrogen and oxygen atoms in total. The van der Waals surface area contributed by atoms with Gasteiger partial charge in [-0.2, -0.15) is 0 Å². The number of carbonyl (C=O) groups excluding carboxylic acids is 1. The number of quaternary nitrogens is 1. The molecule has 0 aliphatic carbocycles. The zero-order valence-electron chi connectivity index (χ0n) is 9.57. The fraction of sp³-hybridized carbons (Fsp3) is 0.417. The lowest BCUT2D eigenvalue weighted by atomic mass is 10.0. The zero-order valence-corrected chi connectivity index (χ0v) is 9.57. The van der Waals surface area contributed by atoms with Gasteiger partial charge in [0.25, 0.3) is 0 Å². The molecule has 0 amide bonds. The summed E-state index contributed by atoms with van der Waals surface area (Å²) in [5, 5.41) is 10.4. The van der Waals surface area contributed by atoms with Crippen LogP contribution in [0.2, 0.25) is 0 Å². The van der Waals surface area contributed by atoms with Gasteiger partial charge in [0.15, 0.2) is 0 Å². The molecule has 0 radical (unpaired) electrons. The molecule has 3 heteroatoms. The lowest BCUT2D eigenvalue weighted by molar-refractivity contribution is -0.407. The molecule has 0 aliphatic heterocycles. The number of rotatable bonds is 2. The third-order valence-electron chi connectivity index (χ3n) is 1.65. The smallest absolute Gasteiger partial charge is 0.0786 e. The van der Waals surface area contributed by atoms with Crippen LogP contribution in [0.5, 0.6) is 0 Å². The summed E-state index contributed by atoms with van der Waals surface area (Å²) >= 11 is 0. The minimum absolute atomic E-state index is 0.517. The molecule has 0 saturated heterocycles. The molecule has 0 aromatic heterocycles. The molecule has 0 spiro atoms. The van der Waals surface area contributed by atoms with E-state index < -0.39 is 11.9 Å². The van der Waals surface area contributed by atoms with E-state index in [2.05, 4.69) is 19.6 Å². The first-order chi connectivity index (χ1) is 6.95. The van der Waals surface area contributed by atoms with Crippen molar-refractivity contribution in [2.45, 2.75) is 32.7 Å². The SMILES string of the molecule is CC(C(=O)[O-])c1ccccc1.CC(C)[NH3+]. The highest BCUT2D eigenvalue weighted by Crippen LogP contribution is 2.12. The van der Waals surface area contributed by atoms with Gasteiger partial charge in [-0.15, -0.1) is 0 Å². The molecular weight excluding hydrogens is 190 g/mol. The first-order valence-corrected chi connectivity index (χ1v) is 5.04. The van der Waals surface area contributed by atoms with E-state index in [1.807, 2.05) is 18.2 Å². The predicted molar refractivity (Wildman–Crippen MR) is 57.9 cm³/mol. The Morgan fingerprint density at radius 1 is 1.20 bits per heavy atom. The number of carboxylic acids is 1. The Balaban J connectivity index is 0.000000423. The van der Waals surface area contributed by atoms with E-state index in [0.29, 0.717) is 6.04 Å². The van der Waals surface area contributed by atoms with Crippen molar-refractivity contribution in [3.8, 4) is 0 Å². The summed E-state index contributed by atoms with van der Waals surface area (Å²) in [5.74, 6) is -1.55. The second-order valence-electron chi connectivity index (χ2n) is 3.85. The van der Waals surface area contributed by atoms with Crippen LogP contribution < -0.4 is 10.8 Å². The summed E-state index contributed by atoms with van der Waals surface area (Å²) in [6.45, 7) is 5.73. The third kappa shape index (κ3) is 6.69. The van der Waals surface area contributed by atoms with Crippen LogP contribution in [-0.2, 0) is 4.79 Å². The zero-order chi connectivity index (χ0) is 11.8. The molecule has 15 heavy (non-hydrogen) atoms. The fourth-order valence-corrected chi connectivity index (χ4v) is 0.878. The lowest BCUT2D eigenvalue weighted by Gasteiger charge is -2.11. The molecule has 0 bridgehead atoms. The van der Waals surface area contributed by atoms with Gasteiger partial charge in [-0.3, -0.25) is 0 Å². The largest absolute Gasteiger partial charge is 0.550 e. The summed E-state index contributed by atoms with van der Waals surface area (Å²) in [4.78, 5) is 10.4. The molecule has 0 fully saturated rings. The summed E-state index contributed by atoms with van der Waals surface area (Å²) in [6, 6.07) is 9.62. The molecule has 1 unspecified atom stereocenters. The molecule has 0 heterocycles. The number of hydrogen-bond acceptors (Lipinski definition) is 2. The highest BCUT2D eigenvalue weighted by atomic mass is 16.4. The molecule has 0 saturated carbocycles. The van der Waals surface area contributed by atoms with Gasteiger partial charge in [-0.25, -0.2) is 0 Å². The molecular formula is C12H19NO2. The van der Waals surface area contributed by atoms with Crippen LogP contribution in [0.1, 0.15) is 32.3 Å². The van der Waals surface area contributed by atoms with Crippen LogP contribution in [0.15, 0.2) is 30.3 Å². The standard InChI is InChI=1S/C9H10O2.C3H9N/c1-7(9(10)11)8-5-3-2-4-6-8;1-3(2)4/h2-7H,1H3,(H,10,11);3H,4H2,1-2H3. The summed E-state index contributed by atoms with van der Waals surface area (Å²) < 4.78 is 0. The van der Waals surface area contributed by atoms with Crippen molar-refractivity contribution < 1.29 is 15.6 Å². The van der Waals surface area contributed by atoms with E-state index in [0.717, 1.165) is 5.56 Å². The van der Waals surface area contributed by atoms with Gasteiger partial charge in [-0.1, -0.05) is 37.3 Å². The van der Waals surface area contributed by atoms with E-state index in [1.165, 1.54) is 0 Å². The lowest BCUT2D eigenvalue weighted by Crippen LogP contribution is -2.57. The molecule has 0 aliphatic rings. The van der Waals surface area contributed by atoms with E-state index >= 15 is 0 Å². The van der Waals surface area contributed by atoms with Crippen molar-refractivity contribution in [1.82, 2.24) is 0 Å². The fourth-order valence-electron chi connectivity index (χ4n) is 0.878. The molecule has 1 aromatic carbocycles. The summed E-state index contributed by atoms with van der Waals surface area (Å²) in [5.41, 5.74) is 4.42. The van der Waals surface area contributed by atoms with Crippen molar-refractivity contribution in [1.29, 1.82) is 0 Å². The minimum Gasteiger partial charge on any atom is -0.550 e. The topological polar surface area (TPSA) is 67.8 Å². The van der Waals surface area contributed by atoms with Gasteiger partial charge in [0.1, 0.15) is 0 Å². The van der Waals surface area contributed by atoms with Gasteiger partial charge in [-0.05, 0) is 19.4 Å². The van der Waals surface area contributed by atoms with Crippen LogP contribution in [0.25, 0.3) is 0 Å². The van der Waals surface area contributed by atoms with Crippen molar-refractivity contribution in [2.24, 2.45) is 0 Å². The molecule has 1 rings (SSSR count). The maximum atomic E-state index is 10.4. The van der Waals surface area contributed by atoms with Gasteiger partial charge in [0.2, 0.25) is 0 Å². The Bertz CT molecular complexity index is 280. The number of hydrogen-bond donors (Lipinski definition) is 1. The van der Waals surface area contributed by atoms with E-state index in [1.54, 1.807) is 19.1 Å². The molecule has 3 N–H and O–H groups in total. The number of carbonyl (C=O) groups is 1. The summed E-state index contributed by atoms with van der Waals surface area (Å²) in [7, 11) is 0.